The van der Waals surface area contributed by atoms with E-state index >= 15 is 0 Å². The van der Waals surface area contributed by atoms with E-state index in [-0.39, 0.29) is 12.1 Å². The zero-order chi connectivity index (χ0) is 9.14. The third-order valence-electron chi connectivity index (χ3n) is 1.40. The molecule has 1 aromatic heterocycles. The SMILES string of the molecule is Cc1ncn(CC#N)c(=O)c1Br. The standard InChI is InChI=1S/C7H6BrN3O/c1-5-6(8)7(12)11(3-2-9)4-10-5/h4H,3H2,1H3. The average Bonchev–Trinajstić information content (AvgIpc) is 2.07. The van der Waals surface area contributed by atoms with Gasteiger partial charge in [-0.25, -0.2) is 4.98 Å². The van der Waals surface area contributed by atoms with Crippen LogP contribution in [0.25, 0.3) is 0 Å². The summed E-state index contributed by atoms with van der Waals surface area (Å²) in [6.07, 6.45) is 1.37. The summed E-state index contributed by atoms with van der Waals surface area (Å²) in [6.45, 7) is 1.76. The highest BCUT2D eigenvalue weighted by molar-refractivity contribution is 9.10. The first-order valence-corrected chi connectivity index (χ1v) is 4.04. The largest absolute Gasteiger partial charge is 0.284 e. The van der Waals surface area contributed by atoms with Crippen LogP contribution >= 0.6 is 15.9 Å². The van der Waals surface area contributed by atoms with Gasteiger partial charge in [0, 0.05) is 0 Å². The number of nitriles is 1. The highest BCUT2D eigenvalue weighted by Crippen LogP contribution is 2.05. The van der Waals surface area contributed by atoms with Crippen molar-refractivity contribution in [2.75, 3.05) is 0 Å². The number of rotatable bonds is 1. The Morgan fingerprint density at radius 2 is 2.50 bits per heavy atom. The van der Waals surface area contributed by atoms with E-state index in [2.05, 4.69) is 20.9 Å². The summed E-state index contributed by atoms with van der Waals surface area (Å²) in [5, 5.41) is 8.35. The summed E-state index contributed by atoms with van der Waals surface area (Å²) in [5.74, 6) is 0. The number of hydrogen-bond donors (Lipinski definition) is 0. The van der Waals surface area contributed by atoms with Crippen LogP contribution in [0.5, 0.6) is 0 Å². The smallest absolute Gasteiger partial charge is 0.268 e. The number of aryl methyl sites for hydroxylation is 1. The molecule has 1 heterocycles. The molecule has 0 aliphatic carbocycles. The molecule has 1 aromatic rings. The topological polar surface area (TPSA) is 58.7 Å². The quantitative estimate of drug-likeness (QED) is 0.715. The fourth-order valence-corrected chi connectivity index (χ4v) is 1.07. The Bertz CT molecular complexity index is 391. The van der Waals surface area contributed by atoms with Gasteiger partial charge in [0.25, 0.3) is 5.56 Å². The van der Waals surface area contributed by atoms with Crippen molar-refractivity contribution in [3.63, 3.8) is 0 Å². The monoisotopic (exact) mass is 227 g/mol. The predicted octanol–water partition coefficient (Wildman–Crippen LogP) is 0.838. The van der Waals surface area contributed by atoms with Crippen molar-refractivity contribution in [1.82, 2.24) is 9.55 Å². The van der Waals surface area contributed by atoms with Crippen LogP contribution in [0.4, 0.5) is 0 Å². The van der Waals surface area contributed by atoms with Crippen LogP contribution in [-0.4, -0.2) is 9.55 Å². The van der Waals surface area contributed by atoms with E-state index in [1.807, 2.05) is 6.07 Å². The van der Waals surface area contributed by atoms with E-state index in [1.54, 1.807) is 6.92 Å². The minimum Gasteiger partial charge on any atom is -0.284 e. The fraction of sp³-hybridized carbons (Fsp3) is 0.286. The third kappa shape index (κ3) is 1.53. The van der Waals surface area contributed by atoms with Gasteiger partial charge in [0.05, 0.1) is 18.1 Å². The molecule has 0 aliphatic heterocycles. The van der Waals surface area contributed by atoms with Gasteiger partial charge in [0.2, 0.25) is 0 Å². The first kappa shape index (κ1) is 8.94. The lowest BCUT2D eigenvalue weighted by Crippen LogP contribution is -2.21. The zero-order valence-corrected chi connectivity index (χ0v) is 8.00. The first-order valence-electron chi connectivity index (χ1n) is 3.25. The molecule has 0 bridgehead atoms. The van der Waals surface area contributed by atoms with Gasteiger partial charge >= 0.3 is 0 Å². The van der Waals surface area contributed by atoms with Crippen LogP contribution in [0.2, 0.25) is 0 Å². The van der Waals surface area contributed by atoms with Crippen LogP contribution in [0.3, 0.4) is 0 Å². The Kier molecular flexibility index (Phi) is 2.61. The van der Waals surface area contributed by atoms with Crippen molar-refractivity contribution in [1.29, 1.82) is 5.26 Å². The van der Waals surface area contributed by atoms with Crippen LogP contribution in [0, 0.1) is 18.3 Å². The molecule has 0 unspecified atom stereocenters. The highest BCUT2D eigenvalue weighted by atomic mass is 79.9. The molecule has 1 rings (SSSR count). The zero-order valence-electron chi connectivity index (χ0n) is 6.41. The predicted molar refractivity (Wildman–Crippen MR) is 46.5 cm³/mol. The Morgan fingerprint density at radius 1 is 1.83 bits per heavy atom. The van der Waals surface area contributed by atoms with Crippen molar-refractivity contribution in [3.05, 3.63) is 26.8 Å². The molecule has 0 fully saturated rings. The molecule has 0 saturated carbocycles. The molecule has 0 saturated heterocycles. The van der Waals surface area contributed by atoms with Crippen molar-refractivity contribution in [2.45, 2.75) is 13.5 Å². The van der Waals surface area contributed by atoms with Crippen molar-refractivity contribution in [2.24, 2.45) is 0 Å². The van der Waals surface area contributed by atoms with E-state index in [0.29, 0.717) is 10.2 Å². The van der Waals surface area contributed by atoms with Gasteiger partial charge < -0.3 is 0 Å². The molecule has 0 aliphatic rings. The maximum absolute atomic E-state index is 11.3. The molecule has 5 heteroatoms. The van der Waals surface area contributed by atoms with Gasteiger partial charge in [-0.1, -0.05) is 0 Å². The first-order chi connectivity index (χ1) is 5.66. The van der Waals surface area contributed by atoms with Gasteiger partial charge in [-0.15, -0.1) is 0 Å². The Hall–Kier alpha value is -1.15. The number of aromatic nitrogens is 2. The summed E-state index contributed by atoms with van der Waals surface area (Å²) in [7, 11) is 0. The van der Waals surface area contributed by atoms with E-state index in [4.69, 9.17) is 5.26 Å². The molecule has 12 heavy (non-hydrogen) atoms. The third-order valence-corrected chi connectivity index (χ3v) is 2.31. The molecule has 4 nitrogen and oxygen atoms in total. The summed E-state index contributed by atoms with van der Waals surface area (Å²) in [4.78, 5) is 15.2. The maximum Gasteiger partial charge on any atom is 0.268 e. The van der Waals surface area contributed by atoms with Crippen LogP contribution in [-0.2, 0) is 6.54 Å². The summed E-state index contributed by atoms with van der Waals surface area (Å²) in [6, 6.07) is 1.87. The molecular weight excluding hydrogens is 222 g/mol. The lowest BCUT2D eigenvalue weighted by atomic mass is 10.4. The van der Waals surface area contributed by atoms with Gasteiger partial charge in [-0.05, 0) is 22.9 Å². The molecule has 0 spiro atoms. The molecule has 62 valence electrons. The summed E-state index contributed by atoms with van der Waals surface area (Å²) >= 11 is 3.09. The van der Waals surface area contributed by atoms with Crippen molar-refractivity contribution < 1.29 is 0 Å². The second-order valence-corrected chi connectivity index (χ2v) is 3.03. The molecule has 0 radical (unpaired) electrons. The number of nitrogens with zero attached hydrogens (tertiary/aromatic N) is 3. The maximum atomic E-state index is 11.3. The molecule has 0 aromatic carbocycles. The highest BCUT2D eigenvalue weighted by Gasteiger charge is 2.03. The molecule has 0 amide bonds. The van der Waals surface area contributed by atoms with E-state index < -0.39 is 0 Å². The second-order valence-electron chi connectivity index (χ2n) is 2.24. The normalized spacial score (nSPS) is 9.42. The van der Waals surface area contributed by atoms with Gasteiger partial charge in [-0.2, -0.15) is 5.26 Å². The van der Waals surface area contributed by atoms with E-state index in [1.165, 1.54) is 10.9 Å². The molecule has 0 atom stereocenters. The lowest BCUT2D eigenvalue weighted by molar-refractivity contribution is 0.748. The second kappa shape index (κ2) is 3.50. The summed E-state index contributed by atoms with van der Waals surface area (Å²) < 4.78 is 1.66. The Balaban J connectivity index is 3.29. The van der Waals surface area contributed by atoms with Crippen molar-refractivity contribution >= 4 is 15.9 Å². The van der Waals surface area contributed by atoms with E-state index in [0.717, 1.165) is 0 Å². The minimum atomic E-state index is -0.218. The Morgan fingerprint density at radius 3 is 3.08 bits per heavy atom. The molecule has 0 N–H and O–H groups in total. The molecular formula is C7H6BrN3O. The van der Waals surface area contributed by atoms with Crippen molar-refractivity contribution in [3.8, 4) is 6.07 Å². The van der Waals surface area contributed by atoms with Gasteiger partial charge in [0.1, 0.15) is 11.0 Å². The average molecular weight is 228 g/mol. The summed E-state index contributed by atoms with van der Waals surface area (Å²) in [5.41, 5.74) is 0.415. The number of halogens is 1. The number of hydrogen-bond acceptors (Lipinski definition) is 3. The van der Waals surface area contributed by atoms with Crippen LogP contribution in [0.15, 0.2) is 15.6 Å². The fourth-order valence-electron chi connectivity index (χ4n) is 0.735. The van der Waals surface area contributed by atoms with Crippen LogP contribution < -0.4 is 5.56 Å². The Labute approximate surface area is 77.6 Å². The van der Waals surface area contributed by atoms with Gasteiger partial charge in [-0.3, -0.25) is 9.36 Å². The minimum absolute atomic E-state index is 0.0325. The van der Waals surface area contributed by atoms with Crippen LogP contribution in [0.1, 0.15) is 5.69 Å². The van der Waals surface area contributed by atoms with Gasteiger partial charge in [0.15, 0.2) is 0 Å². The lowest BCUT2D eigenvalue weighted by Gasteiger charge is -2.00. The van der Waals surface area contributed by atoms with E-state index in [9.17, 15) is 4.79 Å².